The molecule has 0 aromatic carbocycles. The highest BCUT2D eigenvalue weighted by Crippen LogP contribution is 2.22. The summed E-state index contributed by atoms with van der Waals surface area (Å²) < 4.78 is 34.7. The van der Waals surface area contributed by atoms with E-state index in [9.17, 15) is 8.42 Å². The van der Waals surface area contributed by atoms with Gasteiger partial charge in [0.15, 0.2) is 5.76 Å². The number of aromatic amines is 1. The first kappa shape index (κ1) is 16.1. The molecule has 25 heavy (non-hydrogen) atoms. The standard InChI is InChI=1S/C15H18N6O3S/c22-25(23,15-3-2-14(24-15)13-4-6-17-19-13)18-9-11-8-12-10-16-5-1-7-21(12)20-11/h2-4,6,8,16,18H,1,5,7,9-10H2,(H,17,19). The van der Waals surface area contributed by atoms with E-state index in [1.807, 2.05) is 10.7 Å². The molecule has 3 aromatic rings. The van der Waals surface area contributed by atoms with Crippen LogP contribution in [0, 0.1) is 0 Å². The summed E-state index contributed by atoms with van der Waals surface area (Å²) in [5.74, 6) is 0.414. The zero-order valence-electron chi connectivity index (χ0n) is 13.4. The summed E-state index contributed by atoms with van der Waals surface area (Å²) >= 11 is 0. The molecule has 4 heterocycles. The van der Waals surface area contributed by atoms with Gasteiger partial charge in [-0.25, -0.2) is 13.1 Å². The molecule has 0 aliphatic carbocycles. The maximum absolute atomic E-state index is 12.4. The molecule has 0 bridgehead atoms. The molecule has 0 amide bonds. The Labute approximate surface area is 144 Å². The van der Waals surface area contributed by atoms with Crippen molar-refractivity contribution in [2.75, 3.05) is 6.54 Å². The lowest BCUT2D eigenvalue weighted by atomic mass is 10.3. The zero-order valence-corrected chi connectivity index (χ0v) is 14.2. The molecule has 9 nitrogen and oxygen atoms in total. The molecule has 0 fully saturated rings. The lowest BCUT2D eigenvalue weighted by molar-refractivity contribution is 0.454. The van der Waals surface area contributed by atoms with E-state index in [1.54, 1.807) is 18.3 Å². The molecule has 0 atom stereocenters. The number of H-pyrrole nitrogens is 1. The summed E-state index contributed by atoms with van der Waals surface area (Å²) in [7, 11) is -3.75. The lowest BCUT2D eigenvalue weighted by Gasteiger charge is -2.02. The van der Waals surface area contributed by atoms with Crippen molar-refractivity contribution in [1.29, 1.82) is 0 Å². The first-order valence-electron chi connectivity index (χ1n) is 7.97. The summed E-state index contributed by atoms with van der Waals surface area (Å²) in [5.41, 5.74) is 2.36. The van der Waals surface area contributed by atoms with Crippen LogP contribution < -0.4 is 10.0 Å². The predicted octanol–water partition coefficient (Wildman–Crippen LogP) is 0.838. The van der Waals surface area contributed by atoms with E-state index in [4.69, 9.17) is 4.42 Å². The van der Waals surface area contributed by atoms with Crippen LogP contribution in [0.4, 0.5) is 0 Å². The molecule has 0 spiro atoms. The molecule has 0 saturated heterocycles. The van der Waals surface area contributed by atoms with Crippen LogP contribution in [0.2, 0.25) is 0 Å². The van der Waals surface area contributed by atoms with Gasteiger partial charge in [-0.05, 0) is 37.2 Å². The summed E-state index contributed by atoms with van der Waals surface area (Å²) in [6, 6.07) is 6.63. The lowest BCUT2D eigenvalue weighted by Crippen LogP contribution is -2.23. The van der Waals surface area contributed by atoms with Crippen molar-refractivity contribution in [3.8, 4) is 11.5 Å². The minimum Gasteiger partial charge on any atom is -0.442 e. The highest BCUT2D eigenvalue weighted by molar-refractivity contribution is 7.89. The van der Waals surface area contributed by atoms with Crippen LogP contribution in [-0.4, -0.2) is 34.9 Å². The Hall–Kier alpha value is -2.43. The third-order valence-corrected chi connectivity index (χ3v) is 5.27. The summed E-state index contributed by atoms with van der Waals surface area (Å²) in [4.78, 5) is 0. The Balaban J connectivity index is 1.47. The summed E-state index contributed by atoms with van der Waals surface area (Å²) in [6.45, 7) is 2.65. The molecular weight excluding hydrogens is 344 g/mol. The predicted molar refractivity (Wildman–Crippen MR) is 88.9 cm³/mol. The minimum atomic E-state index is -3.75. The number of hydrogen-bond donors (Lipinski definition) is 3. The van der Waals surface area contributed by atoms with Crippen LogP contribution in [-0.2, 0) is 29.7 Å². The maximum Gasteiger partial charge on any atom is 0.274 e. The van der Waals surface area contributed by atoms with Crippen molar-refractivity contribution in [2.24, 2.45) is 0 Å². The first-order chi connectivity index (χ1) is 12.1. The normalized spacial score (nSPS) is 15.0. The molecule has 1 aliphatic rings. The highest BCUT2D eigenvalue weighted by Gasteiger charge is 2.20. The second-order valence-corrected chi connectivity index (χ2v) is 7.49. The summed E-state index contributed by atoms with van der Waals surface area (Å²) in [5, 5.41) is 14.2. The number of aryl methyl sites for hydroxylation is 1. The Bertz CT molecular complexity index is 934. The smallest absolute Gasteiger partial charge is 0.274 e. The average Bonchev–Trinajstić information content (AvgIpc) is 3.32. The Morgan fingerprint density at radius 3 is 3.08 bits per heavy atom. The van der Waals surface area contributed by atoms with Gasteiger partial charge >= 0.3 is 0 Å². The largest absolute Gasteiger partial charge is 0.442 e. The number of nitrogens with one attached hydrogen (secondary N) is 3. The first-order valence-corrected chi connectivity index (χ1v) is 9.46. The summed E-state index contributed by atoms with van der Waals surface area (Å²) in [6.07, 6.45) is 2.57. The van der Waals surface area contributed by atoms with Crippen LogP contribution in [0.3, 0.4) is 0 Å². The maximum atomic E-state index is 12.4. The van der Waals surface area contributed by atoms with Gasteiger partial charge in [-0.1, -0.05) is 0 Å². The van der Waals surface area contributed by atoms with Gasteiger partial charge in [0.05, 0.1) is 17.9 Å². The molecule has 10 heteroatoms. The van der Waals surface area contributed by atoms with Gasteiger partial charge in [-0.2, -0.15) is 10.2 Å². The van der Waals surface area contributed by atoms with Crippen molar-refractivity contribution < 1.29 is 12.8 Å². The second kappa shape index (κ2) is 6.47. The van der Waals surface area contributed by atoms with Crippen molar-refractivity contribution in [2.45, 2.75) is 31.1 Å². The zero-order chi connectivity index (χ0) is 17.3. The fourth-order valence-corrected chi connectivity index (χ4v) is 3.68. The molecular formula is C15H18N6O3S. The van der Waals surface area contributed by atoms with E-state index < -0.39 is 10.0 Å². The van der Waals surface area contributed by atoms with E-state index >= 15 is 0 Å². The van der Waals surface area contributed by atoms with Gasteiger partial charge in [0.2, 0.25) is 5.09 Å². The molecule has 1 aliphatic heterocycles. The number of nitrogens with zero attached hydrogens (tertiary/aromatic N) is 3. The number of furan rings is 1. The Morgan fingerprint density at radius 1 is 1.32 bits per heavy atom. The van der Waals surface area contributed by atoms with Crippen LogP contribution in [0.5, 0.6) is 0 Å². The third-order valence-electron chi connectivity index (χ3n) is 4.00. The minimum absolute atomic E-state index is 0.114. The van der Waals surface area contributed by atoms with Gasteiger partial charge in [-0.3, -0.25) is 9.78 Å². The van der Waals surface area contributed by atoms with Crippen molar-refractivity contribution >= 4 is 10.0 Å². The number of aromatic nitrogens is 4. The van der Waals surface area contributed by atoms with Gasteiger partial charge in [0.25, 0.3) is 10.0 Å². The van der Waals surface area contributed by atoms with Crippen LogP contribution in [0.25, 0.3) is 11.5 Å². The SMILES string of the molecule is O=S(=O)(NCc1cc2n(n1)CCCNC2)c1ccc(-c2ccn[nH]2)o1. The topological polar surface area (TPSA) is 118 Å². The monoisotopic (exact) mass is 362 g/mol. The van der Waals surface area contributed by atoms with E-state index in [2.05, 4.69) is 25.3 Å². The quantitative estimate of drug-likeness (QED) is 0.619. The Kier molecular flexibility index (Phi) is 4.15. The fourth-order valence-electron chi connectivity index (χ4n) is 2.75. The molecule has 4 rings (SSSR count). The molecule has 3 N–H and O–H groups in total. The average molecular weight is 362 g/mol. The number of hydrogen-bond acceptors (Lipinski definition) is 6. The molecule has 3 aromatic heterocycles. The molecule has 0 unspecified atom stereocenters. The number of rotatable bonds is 5. The third kappa shape index (κ3) is 3.36. The highest BCUT2D eigenvalue weighted by atomic mass is 32.2. The van der Waals surface area contributed by atoms with Crippen LogP contribution >= 0.6 is 0 Å². The van der Waals surface area contributed by atoms with Gasteiger partial charge < -0.3 is 9.73 Å². The molecule has 132 valence electrons. The second-order valence-electron chi connectivity index (χ2n) is 5.79. The van der Waals surface area contributed by atoms with Crippen LogP contribution in [0.1, 0.15) is 17.8 Å². The van der Waals surface area contributed by atoms with E-state index in [0.717, 1.165) is 31.7 Å². The number of fused-ring (bicyclic) bond motifs is 1. The fraction of sp³-hybridized carbons (Fsp3) is 0.333. The van der Waals surface area contributed by atoms with E-state index in [0.29, 0.717) is 17.1 Å². The molecule has 0 saturated carbocycles. The van der Waals surface area contributed by atoms with Gasteiger partial charge in [0, 0.05) is 19.3 Å². The molecule has 0 radical (unpaired) electrons. The van der Waals surface area contributed by atoms with Crippen molar-refractivity contribution in [3.63, 3.8) is 0 Å². The van der Waals surface area contributed by atoms with Crippen LogP contribution in [0.15, 0.2) is 40.0 Å². The van der Waals surface area contributed by atoms with E-state index in [1.165, 1.54) is 6.07 Å². The number of sulfonamides is 1. The Morgan fingerprint density at radius 2 is 2.24 bits per heavy atom. The van der Waals surface area contributed by atoms with Gasteiger partial charge in [0.1, 0.15) is 5.69 Å². The van der Waals surface area contributed by atoms with E-state index in [-0.39, 0.29) is 11.6 Å². The van der Waals surface area contributed by atoms with Crippen molar-refractivity contribution in [1.82, 2.24) is 30.0 Å². The van der Waals surface area contributed by atoms with Gasteiger partial charge in [-0.15, -0.1) is 0 Å². The van der Waals surface area contributed by atoms with Crippen molar-refractivity contribution in [3.05, 3.63) is 41.9 Å².